The minimum atomic E-state index is -0.256. The maximum Gasteiger partial charge on any atom is 0.276 e. The summed E-state index contributed by atoms with van der Waals surface area (Å²) >= 11 is 0. The van der Waals surface area contributed by atoms with Crippen LogP contribution in [0, 0.1) is 0 Å². The van der Waals surface area contributed by atoms with Gasteiger partial charge in [-0.2, -0.15) is 10.2 Å². The number of carbonyl (C=O) groups excluding carboxylic acids is 1. The van der Waals surface area contributed by atoms with Crippen LogP contribution in [-0.2, 0) is 13.1 Å². The molecule has 1 aliphatic heterocycles. The number of aromatic nitrogens is 5. The fourth-order valence-corrected chi connectivity index (χ4v) is 5.08. The summed E-state index contributed by atoms with van der Waals surface area (Å²) in [4.78, 5) is 20.9. The molecule has 37 heavy (non-hydrogen) atoms. The molecule has 3 aromatic heterocycles. The fraction of sp³-hybridized carbons (Fsp3) is 0.214. The standard InChI is InChI=1S/C28H25N7O2/c1-37-22-8-4-7-21(11-22)31-28(36)26-25(17-9-10-17)27-32-24(34-15-18-5-2-3-6-19(18)16-34)12-23(35(27)33-26)20-13-29-30-14-20/h2-8,11-14,17H,9-10,15-16H2,1H3,(H,29,30)(H,31,36). The Morgan fingerprint density at radius 1 is 1.08 bits per heavy atom. The zero-order valence-corrected chi connectivity index (χ0v) is 20.3. The lowest BCUT2D eigenvalue weighted by atomic mass is 10.1. The zero-order valence-electron chi connectivity index (χ0n) is 20.3. The molecule has 7 rings (SSSR count). The number of ether oxygens (including phenoxy) is 1. The average Bonchev–Trinajstić information content (AvgIpc) is 3.32. The quantitative estimate of drug-likeness (QED) is 0.355. The van der Waals surface area contributed by atoms with Crippen LogP contribution in [0.1, 0.15) is 45.9 Å². The van der Waals surface area contributed by atoms with Gasteiger partial charge < -0.3 is 15.0 Å². The average molecular weight is 492 g/mol. The van der Waals surface area contributed by atoms with Gasteiger partial charge in [-0.15, -0.1) is 0 Å². The number of hydrogen-bond acceptors (Lipinski definition) is 6. The van der Waals surface area contributed by atoms with Gasteiger partial charge in [-0.25, -0.2) is 9.50 Å². The van der Waals surface area contributed by atoms with E-state index in [0.717, 1.165) is 54.2 Å². The largest absolute Gasteiger partial charge is 0.497 e. The van der Waals surface area contributed by atoms with Crippen LogP contribution in [0.25, 0.3) is 16.9 Å². The van der Waals surface area contributed by atoms with Gasteiger partial charge in [0.2, 0.25) is 0 Å². The van der Waals surface area contributed by atoms with E-state index in [9.17, 15) is 4.79 Å². The highest BCUT2D eigenvalue weighted by molar-refractivity contribution is 6.05. The normalized spacial score (nSPS) is 14.7. The predicted octanol–water partition coefficient (Wildman–Crippen LogP) is 4.78. The summed E-state index contributed by atoms with van der Waals surface area (Å²) in [6, 6.07) is 17.8. The summed E-state index contributed by atoms with van der Waals surface area (Å²) in [7, 11) is 1.60. The Labute approximate surface area is 213 Å². The van der Waals surface area contributed by atoms with E-state index in [1.165, 1.54) is 11.1 Å². The van der Waals surface area contributed by atoms with Gasteiger partial charge in [-0.3, -0.25) is 9.89 Å². The smallest absolute Gasteiger partial charge is 0.276 e. The molecule has 0 unspecified atom stereocenters. The van der Waals surface area contributed by atoms with Crippen molar-refractivity contribution in [2.75, 3.05) is 17.3 Å². The Bertz CT molecular complexity index is 1610. The molecule has 4 heterocycles. The first kappa shape index (κ1) is 21.6. The van der Waals surface area contributed by atoms with Crippen molar-refractivity contribution >= 4 is 23.1 Å². The summed E-state index contributed by atoms with van der Waals surface area (Å²) in [6.45, 7) is 1.58. The molecule has 0 bridgehead atoms. The topological polar surface area (TPSA) is 100 Å². The van der Waals surface area contributed by atoms with Gasteiger partial charge in [0, 0.05) is 48.2 Å². The molecule has 0 radical (unpaired) electrons. The highest BCUT2D eigenvalue weighted by Gasteiger charge is 2.35. The molecule has 2 aliphatic rings. The number of amides is 1. The van der Waals surface area contributed by atoms with Crippen molar-refractivity contribution in [3.8, 4) is 17.0 Å². The molecular formula is C28H25N7O2. The molecule has 2 aromatic carbocycles. The molecule has 9 nitrogen and oxygen atoms in total. The Hall–Kier alpha value is -4.66. The number of methoxy groups -OCH3 is 1. The van der Waals surface area contributed by atoms with Crippen LogP contribution in [-0.4, -0.2) is 37.8 Å². The van der Waals surface area contributed by atoms with E-state index >= 15 is 0 Å². The zero-order chi connectivity index (χ0) is 24.9. The summed E-state index contributed by atoms with van der Waals surface area (Å²) in [5.41, 5.74) is 7.03. The van der Waals surface area contributed by atoms with Crippen molar-refractivity contribution in [2.45, 2.75) is 31.8 Å². The van der Waals surface area contributed by atoms with Gasteiger partial charge in [-0.05, 0) is 42.0 Å². The number of nitrogens with one attached hydrogen (secondary N) is 2. The Morgan fingerprint density at radius 2 is 1.89 bits per heavy atom. The van der Waals surface area contributed by atoms with Crippen molar-refractivity contribution in [3.63, 3.8) is 0 Å². The van der Waals surface area contributed by atoms with Crippen LogP contribution in [0.4, 0.5) is 11.5 Å². The van der Waals surface area contributed by atoms with E-state index in [-0.39, 0.29) is 11.8 Å². The molecule has 9 heteroatoms. The molecule has 2 N–H and O–H groups in total. The number of hydrogen-bond donors (Lipinski definition) is 2. The molecule has 1 fully saturated rings. The van der Waals surface area contributed by atoms with Gasteiger partial charge in [-0.1, -0.05) is 30.3 Å². The second-order valence-electron chi connectivity index (χ2n) is 9.57. The van der Waals surface area contributed by atoms with Gasteiger partial charge in [0.25, 0.3) is 5.91 Å². The highest BCUT2D eigenvalue weighted by atomic mass is 16.5. The molecule has 0 saturated heterocycles. The SMILES string of the molecule is COc1cccc(NC(=O)c2nn3c(-c4cn[nH]c4)cc(N4Cc5ccccc5C4)nc3c2C2CC2)c1. The first-order valence-corrected chi connectivity index (χ1v) is 12.4. The van der Waals surface area contributed by atoms with Crippen molar-refractivity contribution in [2.24, 2.45) is 0 Å². The summed E-state index contributed by atoms with van der Waals surface area (Å²) in [5.74, 6) is 1.55. The molecule has 184 valence electrons. The van der Waals surface area contributed by atoms with E-state index < -0.39 is 0 Å². The van der Waals surface area contributed by atoms with E-state index in [4.69, 9.17) is 14.8 Å². The monoisotopic (exact) mass is 491 g/mol. The third kappa shape index (κ3) is 3.79. The second kappa shape index (κ2) is 8.48. The molecule has 0 spiro atoms. The van der Waals surface area contributed by atoms with Crippen LogP contribution < -0.4 is 15.0 Å². The third-order valence-corrected chi connectivity index (χ3v) is 7.10. The van der Waals surface area contributed by atoms with Crippen molar-refractivity contribution in [1.29, 1.82) is 0 Å². The van der Waals surface area contributed by atoms with Crippen molar-refractivity contribution in [3.05, 3.63) is 89.4 Å². The van der Waals surface area contributed by atoms with Crippen LogP contribution in [0.3, 0.4) is 0 Å². The van der Waals surface area contributed by atoms with Crippen LogP contribution in [0.2, 0.25) is 0 Å². The van der Waals surface area contributed by atoms with E-state index in [1.807, 2.05) is 30.5 Å². The summed E-state index contributed by atoms with van der Waals surface area (Å²) in [5, 5.41) is 14.9. The molecule has 0 atom stereocenters. The Morgan fingerprint density at radius 3 is 2.59 bits per heavy atom. The Kier molecular flexibility index (Phi) is 4.95. The number of nitrogens with zero attached hydrogens (tertiary/aromatic N) is 5. The van der Waals surface area contributed by atoms with Crippen LogP contribution in [0.5, 0.6) is 5.75 Å². The maximum atomic E-state index is 13.5. The Balaban J connectivity index is 1.35. The van der Waals surface area contributed by atoms with Crippen LogP contribution in [0.15, 0.2) is 67.0 Å². The van der Waals surface area contributed by atoms with Gasteiger partial charge in [0.1, 0.15) is 11.6 Å². The minimum Gasteiger partial charge on any atom is -0.497 e. The van der Waals surface area contributed by atoms with Crippen LogP contribution >= 0.6 is 0 Å². The van der Waals surface area contributed by atoms with E-state index in [0.29, 0.717) is 17.1 Å². The predicted molar refractivity (Wildman–Crippen MR) is 140 cm³/mol. The molecule has 5 aromatic rings. The summed E-state index contributed by atoms with van der Waals surface area (Å²) in [6.07, 6.45) is 5.64. The highest BCUT2D eigenvalue weighted by Crippen LogP contribution is 2.44. The van der Waals surface area contributed by atoms with Gasteiger partial charge in [0.15, 0.2) is 11.3 Å². The lowest BCUT2D eigenvalue weighted by molar-refractivity contribution is 0.102. The van der Waals surface area contributed by atoms with E-state index in [1.54, 1.807) is 23.9 Å². The summed E-state index contributed by atoms with van der Waals surface area (Å²) < 4.78 is 7.11. The second-order valence-corrected chi connectivity index (χ2v) is 9.57. The maximum absolute atomic E-state index is 13.5. The van der Waals surface area contributed by atoms with E-state index in [2.05, 4.69) is 44.7 Å². The van der Waals surface area contributed by atoms with Crippen molar-refractivity contribution < 1.29 is 9.53 Å². The fourth-order valence-electron chi connectivity index (χ4n) is 5.08. The number of anilines is 2. The molecule has 1 saturated carbocycles. The number of benzene rings is 2. The number of carbonyl (C=O) groups is 1. The lowest BCUT2D eigenvalue weighted by Gasteiger charge is -2.18. The molecular weight excluding hydrogens is 466 g/mol. The number of aromatic amines is 1. The van der Waals surface area contributed by atoms with Gasteiger partial charge in [0.05, 0.1) is 19.0 Å². The lowest BCUT2D eigenvalue weighted by Crippen LogP contribution is -2.17. The number of fused-ring (bicyclic) bond motifs is 2. The molecule has 1 amide bonds. The van der Waals surface area contributed by atoms with Gasteiger partial charge >= 0.3 is 0 Å². The first-order valence-electron chi connectivity index (χ1n) is 12.4. The number of H-pyrrole nitrogens is 1. The third-order valence-electron chi connectivity index (χ3n) is 7.10. The number of rotatable bonds is 6. The molecule has 1 aliphatic carbocycles. The first-order chi connectivity index (χ1) is 18.2. The minimum absolute atomic E-state index is 0.256. The van der Waals surface area contributed by atoms with Crippen molar-refractivity contribution in [1.82, 2.24) is 24.8 Å².